The highest BCUT2D eigenvalue weighted by molar-refractivity contribution is 5.77. The number of amides is 1. The third-order valence-corrected chi connectivity index (χ3v) is 2.64. The Bertz CT molecular complexity index is 266. The first kappa shape index (κ1) is 16.9. The van der Waals surface area contributed by atoms with Gasteiger partial charge in [0.05, 0.1) is 5.92 Å². The number of ether oxygens (including phenoxy) is 1. The Morgan fingerprint density at radius 1 is 1.28 bits per heavy atom. The molecule has 0 aliphatic rings. The van der Waals surface area contributed by atoms with Gasteiger partial charge >= 0.3 is 5.97 Å². The molecule has 0 aromatic heterocycles. The van der Waals surface area contributed by atoms with Gasteiger partial charge in [0.15, 0.2) is 0 Å². The van der Waals surface area contributed by atoms with Crippen molar-refractivity contribution >= 4 is 11.9 Å². The van der Waals surface area contributed by atoms with E-state index in [0.717, 1.165) is 0 Å². The number of nitrogens with one attached hydrogen (secondary N) is 1. The molecule has 0 spiro atoms. The van der Waals surface area contributed by atoms with Crippen molar-refractivity contribution < 1.29 is 19.4 Å². The summed E-state index contributed by atoms with van der Waals surface area (Å²) in [5, 5.41) is 11.7. The van der Waals surface area contributed by atoms with Crippen LogP contribution in [-0.2, 0) is 14.3 Å². The molecule has 2 unspecified atom stereocenters. The zero-order chi connectivity index (χ0) is 14.1. The number of hydrogen-bond acceptors (Lipinski definition) is 3. The van der Waals surface area contributed by atoms with E-state index in [2.05, 4.69) is 5.32 Å². The van der Waals surface area contributed by atoms with E-state index in [-0.39, 0.29) is 18.4 Å². The van der Waals surface area contributed by atoms with Gasteiger partial charge in [0, 0.05) is 26.7 Å². The molecule has 2 atom stereocenters. The lowest BCUT2D eigenvalue weighted by Gasteiger charge is -2.16. The number of rotatable bonds is 9. The minimum absolute atomic E-state index is 0.116. The average molecular weight is 259 g/mol. The zero-order valence-electron chi connectivity index (χ0n) is 11.7. The molecular formula is C13H25NO4. The quantitative estimate of drug-likeness (QED) is 0.658. The van der Waals surface area contributed by atoms with Gasteiger partial charge in [0.25, 0.3) is 0 Å². The summed E-state index contributed by atoms with van der Waals surface area (Å²) in [6.45, 7) is 6.59. The summed E-state index contributed by atoms with van der Waals surface area (Å²) >= 11 is 0. The highest BCUT2D eigenvalue weighted by Crippen LogP contribution is 2.11. The van der Waals surface area contributed by atoms with Crippen molar-refractivity contribution in [2.24, 2.45) is 17.8 Å². The Kier molecular flexibility index (Phi) is 8.37. The molecule has 1 amide bonds. The number of carbonyl (C=O) groups excluding carboxylic acids is 1. The van der Waals surface area contributed by atoms with Crippen LogP contribution in [-0.4, -0.2) is 37.2 Å². The van der Waals surface area contributed by atoms with Crippen LogP contribution in [0.25, 0.3) is 0 Å². The molecule has 0 aromatic carbocycles. The second kappa shape index (κ2) is 8.91. The lowest BCUT2D eigenvalue weighted by molar-refractivity contribution is -0.142. The fourth-order valence-corrected chi connectivity index (χ4v) is 1.81. The maximum Gasteiger partial charge on any atom is 0.308 e. The van der Waals surface area contributed by atoms with Crippen LogP contribution in [0.5, 0.6) is 0 Å². The molecule has 5 heteroatoms. The number of carboxylic acids is 1. The minimum atomic E-state index is -0.853. The summed E-state index contributed by atoms with van der Waals surface area (Å²) in [6, 6.07) is 0. The molecule has 18 heavy (non-hydrogen) atoms. The van der Waals surface area contributed by atoms with Crippen LogP contribution in [0.1, 0.15) is 33.6 Å². The Balaban J connectivity index is 4.03. The molecule has 0 aliphatic heterocycles. The van der Waals surface area contributed by atoms with Gasteiger partial charge in [-0.3, -0.25) is 9.59 Å². The maximum absolute atomic E-state index is 11.6. The Morgan fingerprint density at radius 3 is 2.33 bits per heavy atom. The van der Waals surface area contributed by atoms with E-state index in [4.69, 9.17) is 9.84 Å². The van der Waals surface area contributed by atoms with Crippen molar-refractivity contribution in [2.45, 2.75) is 33.6 Å². The van der Waals surface area contributed by atoms with Crippen molar-refractivity contribution in [1.29, 1.82) is 0 Å². The van der Waals surface area contributed by atoms with Crippen LogP contribution in [0.4, 0.5) is 0 Å². The third-order valence-electron chi connectivity index (χ3n) is 2.64. The van der Waals surface area contributed by atoms with Crippen molar-refractivity contribution in [3.63, 3.8) is 0 Å². The van der Waals surface area contributed by atoms with Crippen LogP contribution < -0.4 is 5.32 Å². The Morgan fingerprint density at radius 2 is 1.89 bits per heavy atom. The fraction of sp³-hybridized carbons (Fsp3) is 0.846. The van der Waals surface area contributed by atoms with E-state index in [0.29, 0.717) is 25.4 Å². The molecule has 0 rings (SSSR count). The van der Waals surface area contributed by atoms with E-state index in [1.165, 1.54) is 0 Å². The minimum Gasteiger partial charge on any atom is -0.481 e. The van der Waals surface area contributed by atoms with Gasteiger partial charge in [0.2, 0.25) is 5.91 Å². The highest BCUT2D eigenvalue weighted by atomic mass is 16.5. The largest absolute Gasteiger partial charge is 0.481 e. The second-order valence-corrected chi connectivity index (χ2v) is 5.23. The van der Waals surface area contributed by atoms with E-state index < -0.39 is 11.9 Å². The fourth-order valence-electron chi connectivity index (χ4n) is 1.81. The van der Waals surface area contributed by atoms with Gasteiger partial charge in [-0.15, -0.1) is 0 Å². The third kappa shape index (κ3) is 8.06. The van der Waals surface area contributed by atoms with Crippen molar-refractivity contribution in [2.75, 3.05) is 20.3 Å². The molecule has 0 heterocycles. The molecule has 0 fully saturated rings. The van der Waals surface area contributed by atoms with E-state index >= 15 is 0 Å². The van der Waals surface area contributed by atoms with E-state index in [9.17, 15) is 9.59 Å². The first-order valence-electron chi connectivity index (χ1n) is 6.35. The van der Waals surface area contributed by atoms with Gasteiger partial charge in [-0.05, 0) is 18.3 Å². The Labute approximate surface area is 109 Å². The molecule has 0 aliphatic carbocycles. The van der Waals surface area contributed by atoms with E-state index in [1.807, 2.05) is 20.8 Å². The van der Waals surface area contributed by atoms with E-state index in [1.54, 1.807) is 7.11 Å². The van der Waals surface area contributed by atoms with Gasteiger partial charge in [-0.25, -0.2) is 0 Å². The molecule has 0 saturated heterocycles. The maximum atomic E-state index is 11.6. The van der Waals surface area contributed by atoms with Crippen LogP contribution in [0, 0.1) is 17.8 Å². The smallest absolute Gasteiger partial charge is 0.308 e. The lowest BCUT2D eigenvalue weighted by Crippen LogP contribution is -2.34. The first-order valence-corrected chi connectivity index (χ1v) is 6.35. The molecule has 0 bridgehead atoms. The van der Waals surface area contributed by atoms with Gasteiger partial charge in [0.1, 0.15) is 0 Å². The van der Waals surface area contributed by atoms with Crippen LogP contribution in [0.2, 0.25) is 0 Å². The standard InChI is InChI=1S/C13H25NO4/c1-9(2)5-11(13(16)17)7-14-12(15)6-10(3)8-18-4/h9-11H,5-8H2,1-4H3,(H,14,15)(H,16,17). The van der Waals surface area contributed by atoms with Crippen molar-refractivity contribution in [3.05, 3.63) is 0 Å². The normalized spacial score (nSPS) is 14.3. The molecule has 106 valence electrons. The first-order chi connectivity index (χ1) is 8.36. The number of methoxy groups -OCH3 is 1. The summed E-state index contributed by atoms with van der Waals surface area (Å²) in [5.41, 5.74) is 0. The Hall–Kier alpha value is -1.10. The summed E-state index contributed by atoms with van der Waals surface area (Å²) in [5.74, 6) is -1.03. The topological polar surface area (TPSA) is 75.6 Å². The van der Waals surface area contributed by atoms with Crippen molar-refractivity contribution in [3.8, 4) is 0 Å². The number of carboxylic acid groups (broad SMARTS) is 1. The van der Waals surface area contributed by atoms with Crippen LogP contribution in [0.3, 0.4) is 0 Å². The summed E-state index contributed by atoms with van der Waals surface area (Å²) in [7, 11) is 1.59. The zero-order valence-corrected chi connectivity index (χ0v) is 11.7. The second-order valence-electron chi connectivity index (χ2n) is 5.23. The predicted molar refractivity (Wildman–Crippen MR) is 69.2 cm³/mol. The summed E-state index contributed by atoms with van der Waals surface area (Å²) in [6.07, 6.45) is 0.936. The van der Waals surface area contributed by atoms with Crippen molar-refractivity contribution in [1.82, 2.24) is 5.32 Å². The highest BCUT2D eigenvalue weighted by Gasteiger charge is 2.20. The lowest BCUT2D eigenvalue weighted by atomic mass is 9.97. The molecule has 2 N–H and O–H groups in total. The number of aliphatic carboxylic acids is 1. The molecule has 0 aromatic rings. The van der Waals surface area contributed by atoms with Crippen LogP contribution >= 0.6 is 0 Å². The summed E-state index contributed by atoms with van der Waals surface area (Å²) in [4.78, 5) is 22.6. The molecular weight excluding hydrogens is 234 g/mol. The number of carbonyl (C=O) groups is 2. The van der Waals surface area contributed by atoms with Crippen LogP contribution in [0.15, 0.2) is 0 Å². The predicted octanol–water partition coefficient (Wildman–Crippen LogP) is 1.52. The summed E-state index contributed by atoms with van der Waals surface area (Å²) < 4.78 is 4.95. The van der Waals surface area contributed by atoms with Gasteiger partial charge in [-0.2, -0.15) is 0 Å². The monoisotopic (exact) mass is 259 g/mol. The molecule has 5 nitrogen and oxygen atoms in total. The molecule has 0 saturated carbocycles. The number of hydrogen-bond donors (Lipinski definition) is 2. The SMILES string of the molecule is COCC(C)CC(=O)NCC(CC(C)C)C(=O)O. The average Bonchev–Trinajstić information content (AvgIpc) is 2.23. The van der Waals surface area contributed by atoms with Gasteiger partial charge in [-0.1, -0.05) is 20.8 Å². The van der Waals surface area contributed by atoms with Gasteiger partial charge < -0.3 is 15.2 Å². The molecule has 0 radical (unpaired) electrons.